The third-order valence-electron chi connectivity index (χ3n) is 3.57. The molecule has 90 valence electrons. The van der Waals surface area contributed by atoms with Crippen LogP contribution in [0.4, 0.5) is 5.95 Å². The Bertz CT molecular complexity index is 511. The monoisotopic (exact) mass is 230 g/mol. The van der Waals surface area contributed by atoms with E-state index in [1.165, 1.54) is 25.7 Å². The summed E-state index contributed by atoms with van der Waals surface area (Å²) in [6.07, 6.45) is 5.45. The number of nitrogens with one attached hydrogen (secondary N) is 1. The second-order valence-electron chi connectivity index (χ2n) is 4.90. The summed E-state index contributed by atoms with van der Waals surface area (Å²) in [5.41, 5.74) is 2.03. The number of aromatic nitrogens is 3. The lowest BCUT2D eigenvalue weighted by Crippen LogP contribution is -2.11. The first kappa shape index (κ1) is 10.6. The average Bonchev–Trinajstić information content (AvgIpc) is 2.95. The Kier molecular flexibility index (Phi) is 2.71. The fraction of sp³-hybridized carbons (Fsp3) is 0.538. The van der Waals surface area contributed by atoms with Crippen LogP contribution in [-0.4, -0.2) is 21.1 Å². The number of aryl methyl sites for hydroxylation is 1. The van der Waals surface area contributed by atoms with E-state index in [1.54, 1.807) is 0 Å². The lowest BCUT2D eigenvalue weighted by molar-refractivity contribution is 0.577. The van der Waals surface area contributed by atoms with Gasteiger partial charge in [-0.05, 0) is 37.8 Å². The van der Waals surface area contributed by atoms with Crippen LogP contribution >= 0.6 is 0 Å². The predicted molar refractivity (Wildman–Crippen MR) is 68.2 cm³/mol. The maximum absolute atomic E-state index is 4.48. The third kappa shape index (κ3) is 2.12. The largest absolute Gasteiger partial charge is 0.353 e. The van der Waals surface area contributed by atoms with Gasteiger partial charge in [0.15, 0.2) is 5.65 Å². The zero-order valence-electron chi connectivity index (χ0n) is 10.2. The minimum absolute atomic E-state index is 0.756. The molecule has 1 saturated carbocycles. The standard InChI is InChI=1S/C13H18N4/c1-10-5-4-8-12-15-13(16-17(10)12)14-9-11-6-2-3-7-11/h4-5,8,11H,2-3,6-7,9H2,1H3,(H,14,16). The Hall–Kier alpha value is -1.58. The second kappa shape index (κ2) is 4.35. The Labute approximate surface area is 101 Å². The zero-order chi connectivity index (χ0) is 11.7. The van der Waals surface area contributed by atoms with Crippen molar-refractivity contribution in [3.05, 3.63) is 23.9 Å². The van der Waals surface area contributed by atoms with Crippen LogP contribution in [-0.2, 0) is 0 Å². The van der Waals surface area contributed by atoms with Crippen LogP contribution in [0.25, 0.3) is 5.65 Å². The van der Waals surface area contributed by atoms with E-state index in [0.29, 0.717) is 0 Å². The lowest BCUT2D eigenvalue weighted by Gasteiger charge is -2.07. The SMILES string of the molecule is Cc1cccc2nc(NCC3CCCC3)nn12. The summed E-state index contributed by atoms with van der Waals surface area (Å²) in [6, 6.07) is 6.04. The van der Waals surface area contributed by atoms with Crippen LogP contribution in [0.1, 0.15) is 31.4 Å². The molecule has 0 saturated heterocycles. The maximum atomic E-state index is 4.48. The van der Waals surface area contributed by atoms with Crippen molar-refractivity contribution in [1.82, 2.24) is 14.6 Å². The van der Waals surface area contributed by atoms with E-state index in [0.717, 1.165) is 29.8 Å². The van der Waals surface area contributed by atoms with Crippen LogP contribution in [0, 0.1) is 12.8 Å². The molecular weight excluding hydrogens is 212 g/mol. The topological polar surface area (TPSA) is 42.2 Å². The van der Waals surface area contributed by atoms with Crippen LogP contribution < -0.4 is 5.32 Å². The Morgan fingerprint density at radius 2 is 2.18 bits per heavy atom. The van der Waals surface area contributed by atoms with E-state index < -0.39 is 0 Å². The number of fused-ring (bicyclic) bond motifs is 1. The van der Waals surface area contributed by atoms with Gasteiger partial charge in [-0.3, -0.25) is 0 Å². The van der Waals surface area contributed by atoms with Crippen LogP contribution in [0.15, 0.2) is 18.2 Å². The fourth-order valence-electron chi connectivity index (χ4n) is 2.56. The van der Waals surface area contributed by atoms with E-state index in [1.807, 2.05) is 29.6 Å². The van der Waals surface area contributed by atoms with Crippen molar-refractivity contribution in [3.8, 4) is 0 Å². The van der Waals surface area contributed by atoms with Gasteiger partial charge in [-0.15, -0.1) is 5.10 Å². The van der Waals surface area contributed by atoms with Gasteiger partial charge < -0.3 is 5.32 Å². The minimum atomic E-state index is 0.756. The van der Waals surface area contributed by atoms with Gasteiger partial charge in [0.25, 0.3) is 0 Å². The number of hydrogen-bond acceptors (Lipinski definition) is 3. The molecule has 1 fully saturated rings. The first-order valence-electron chi connectivity index (χ1n) is 6.39. The van der Waals surface area contributed by atoms with Crippen molar-refractivity contribution in [2.45, 2.75) is 32.6 Å². The number of hydrogen-bond donors (Lipinski definition) is 1. The summed E-state index contributed by atoms with van der Waals surface area (Å²) >= 11 is 0. The average molecular weight is 230 g/mol. The number of pyridine rings is 1. The summed E-state index contributed by atoms with van der Waals surface area (Å²) in [5.74, 6) is 1.56. The Balaban J connectivity index is 1.74. The summed E-state index contributed by atoms with van der Waals surface area (Å²) in [5, 5.41) is 7.83. The quantitative estimate of drug-likeness (QED) is 0.881. The van der Waals surface area contributed by atoms with Gasteiger partial charge >= 0.3 is 0 Å². The Morgan fingerprint density at radius 3 is 2.94 bits per heavy atom. The van der Waals surface area contributed by atoms with Crippen LogP contribution in [0.3, 0.4) is 0 Å². The molecule has 0 unspecified atom stereocenters. The van der Waals surface area contributed by atoms with Crippen LogP contribution in [0.5, 0.6) is 0 Å². The molecule has 0 radical (unpaired) electrons. The summed E-state index contributed by atoms with van der Waals surface area (Å²) < 4.78 is 1.89. The van der Waals surface area contributed by atoms with Crippen molar-refractivity contribution < 1.29 is 0 Å². The third-order valence-corrected chi connectivity index (χ3v) is 3.57. The van der Waals surface area contributed by atoms with Crippen LogP contribution in [0.2, 0.25) is 0 Å². The van der Waals surface area contributed by atoms with Gasteiger partial charge in [-0.2, -0.15) is 4.98 Å². The molecule has 3 rings (SSSR count). The Morgan fingerprint density at radius 1 is 1.35 bits per heavy atom. The zero-order valence-corrected chi connectivity index (χ0v) is 10.2. The van der Waals surface area contributed by atoms with E-state index in [9.17, 15) is 0 Å². The lowest BCUT2D eigenvalue weighted by atomic mass is 10.1. The molecule has 2 aromatic rings. The van der Waals surface area contributed by atoms with Gasteiger partial charge in [-0.25, -0.2) is 4.52 Å². The molecule has 0 amide bonds. The molecule has 1 aliphatic rings. The molecule has 1 N–H and O–H groups in total. The fourth-order valence-corrected chi connectivity index (χ4v) is 2.56. The van der Waals surface area contributed by atoms with Gasteiger partial charge in [0.1, 0.15) is 0 Å². The van der Waals surface area contributed by atoms with E-state index in [4.69, 9.17) is 0 Å². The van der Waals surface area contributed by atoms with Gasteiger partial charge in [0, 0.05) is 12.2 Å². The molecule has 0 spiro atoms. The van der Waals surface area contributed by atoms with Crippen molar-refractivity contribution in [2.24, 2.45) is 5.92 Å². The number of rotatable bonds is 3. The predicted octanol–water partition coefficient (Wildman–Crippen LogP) is 2.64. The second-order valence-corrected chi connectivity index (χ2v) is 4.90. The first-order chi connectivity index (χ1) is 8.33. The van der Waals surface area contributed by atoms with Crippen molar-refractivity contribution >= 4 is 11.6 Å². The number of nitrogens with zero attached hydrogens (tertiary/aromatic N) is 3. The van der Waals surface area contributed by atoms with E-state index >= 15 is 0 Å². The number of anilines is 1. The highest BCUT2D eigenvalue weighted by Gasteiger charge is 2.15. The smallest absolute Gasteiger partial charge is 0.243 e. The van der Waals surface area contributed by atoms with Crippen molar-refractivity contribution in [2.75, 3.05) is 11.9 Å². The van der Waals surface area contributed by atoms with Crippen molar-refractivity contribution in [3.63, 3.8) is 0 Å². The molecule has 0 aliphatic heterocycles. The van der Waals surface area contributed by atoms with Gasteiger partial charge in [0.05, 0.1) is 0 Å². The highest BCUT2D eigenvalue weighted by Crippen LogP contribution is 2.24. The molecule has 1 aliphatic carbocycles. The molecule has 4 nitrogen and oxygen atoms in total. The molecule has 2 heterocycles. The summed E-state index contributed by atoms with van der Waals surface area (Å²) in [4.78, 5) is 4.48. The normalized spacial score (nSPS) is 16.8. The molecule has 17 heavy (non-hydrogen) atoms. The molecule has 2 aromatic heterocycles. The molecule has 4 heteroatoms. The van der Waals surface area contributed by atoms with Gasteiger partial charge in [0.2, 0.25) is 5.95 Å². The van der Waals surface area contributed by atoms with Gasteiger partial charge in [-0.1, -0.05) is 18.9 Å². The maximum Gasteiger partial charge on any atom is 0.243 e. The molecule has 0 aromatic carbocycles. The van der Waals surface area contributed by atoms with E-state index in [-0.39, 0.29) is 0 Å². The first-order valence-corrected chi connectivity index (χ1v) is 6.39. The highest BCUT2D eigenvalue weighted by molar-refractivity contribution is 5.44. The molecular formula is C13H18N4. The molecule has 0 atom stereocenters. The van der Waals surface area contributed by atoms with E-state index in [2.05, 4.69) is 15.4 Å². The summed E-state index contributed by atoms with van der Waals surface area (Å²) in [6.45, 7) is 3.05. The summed E-state index contributed by atoms with van der Waals surface area (Å²) in [7, 11) is 0. The minimum Gasteiger partial charge on any atom is -0.353 e. The highest BCUT2D eigenvalue weighted by atomic mass is 15.3. The molecule has 0 bridgehead atoms. The van der Waals surface area contributed by atoms with Crippen molar-refractivity contribution in [1.29, 1.82) is 0 Å².